The van der Waals surface area contributed by atoms with Gasteiger partial charge in [0.1, 0.15) is 0 Å². The average molecular weight is 441 g/mol. The van der Waals surface area contributed by atoms with Crippen LogP contribution in [0.25, 0.3) is 0 Å². The van der Waals surface area contributed by atoms with Crippen molar-refractivity contribution in [1.82, 2.24) is 4.90 Å². The molecule has 0 aromatic carbocycles. The molecule has 4 aliphatic carbocycles. The Hall–Kier alpha value is -0.410. The number of rotatable bonds is 1. The lowest BCUT2D eigenvalue weighted by molar-refractivity contribution is -0.206. The summed E-state index contributed by atoms with van der Waals surface area (Å²) in [6.45, 7) is 10.2. The van der Waals surface area contributed by atoms with E-state index in [2.05, 4.69) is 38.8 Å². The van der Waals surface area contributed by atoms with Crippen LogP contribution in [0, 0.1) is 35.5 Å². The molecular formula is C29H48N2O. The molecule has 9 unspecified atom stereocenters. The predicted octanol–water partition coefficient (Wildman–Crippen LogP) is 6.85. The zero-order valence-corrected chi connectivity index (χ0v) is 21.3. The number of ether oxygens (including phenoxy) is 1. The summed E-state index contributed by atoms with van der Waals surface area (Å²) in [6.07, 6.45) is 20.7. The maximum absolute atomic E-state index is 7.55. The Morgan fingerprint density at radius 3 is 2.25 bits per heavy atom. The Morgan fingerprint density at radius 1 is 0.781 bits per heavy atom. The fourth-order valence-electron chi connectivity index (χ4n) is 10.2. The highest BCUT2D eigenvalue weighted by atomic mass is 16.5. The highest BCUT2D eigenvalue weighted by Crippen LogP contribution is 2.62. The first-order valence-electron chi connectivity index (χ1n) is 14.4. The van der Waals surface area contributed by atoms with E-state index in [1.807, 2.05) is 0 Å². The van der Waals surface area contributed by atoms with E-state index in [-0.39, 0.29) is 11.3 Å². The molecule has 32 heavy (non-hydrogen) atoms. The smallest absolute Gasteiger partial charge is 0.162 e. The Balaban J connectivity index is 1.43. The minimum atomic E-state index is -0.257. The van der Waals surface area contributed by atoms with E-state index in [4.69, 9.17) is 9.73 Å². The summed E-state index contributed by atoms with van der Waals surface area (Å²) in [5.41, 5.74) is -0.0748. The van der Waals surface area contributed by atoms with Crippen LogP contribution in [-0.4, -0.2) is 40.6 Å². The fourth-order valence-corrected chi connectivity index (χ4v) is 10.2. The van der Waals surface area contributed by atoms with Crippen molar-refractivity contribution in [2.75, 3.05) is 0 Å². The minimum Gasteiger partial charge on any atom is -0.349 e. The summed E-state index contributed by atoms with van der Waals surface area (Å²) in [5, 5.41) is 0. The van der Waals surface area contributed by atoms with Crippen molar-refractivity contribution in [3.8, 4) is 0 Å². The molecule has 0 bridgehead atoms. The number of aliphatic imine (C=N–C) groups is 1. The van der Waals surface area contributed by atoms with Gasteiger partial charge in [-0.25, -0.2) is 0 Å². The molecule has 9 atom stereocenters. The van der Waals surface area contributed by atoms with Gasteiger partial charge in [-0.1, -0.05) is 58.8 Å². The van der Waals surface area contributed by atoms with Gasteiger partial charge < -0.3 is 4.74 Å². The van der Waals surface area contributed by atoms with Crippen LogP contribution < -0.4 is 0 Å². The molecule has 0 N–H and O–H groups in total. The second-order valence-electron chi connectivity index (χ2n) is 13.4. The van der Waals surface area contributed by atoms with Crippen molar-refractivity contribution < 1.29 is 4.74 Å². The molecule has 180 valence electrons. The maximum Gasteiger partial charge on any atom is 0.162 e. The Labute approximate surface area is 197 Å². The van der Waals surface area contributed by atoms with E-state index in [1.54, 1.807) is 0 Å². The molecule has 2 aliphatic heterocycles. The van der Waals surface area contributed by atoms with Gasteiger partial charge in [-0.05, 0) is 82.0 Å². The number of hydrogen-bond acceptors (Lipinski definition) is 3. The quantitative estimate of drug-likeness (QED) is 0.445. The fraction of sp³-hybridized carbons (Fsp3) is 0.966. The third kappa shape index (κ3) is 3.15. The van der Waals surface area contributed by atoms with Crippen LogP contribution in [-0.2, 0) is 4.74 Å². The van der Waals surface area contributed by atoms with Gasteiger partial charge in [0.05, 0.1) is 12.1 Å². The van der Waals surface area contributed by atoms with Crippen molar-refractivity contribution in [2.24, 2.45) is 40.5 Å². The molecule has 6 aliphatic rings. The first-order valence-corrected chi connectivity index (χ1v) is 14.4. The van der Waals surface area contributed by atoms with Crippen LogP contribution in [0.1, 0.15) is 111 Å². The summed E-state index contributed by atoms with van der Waals surface area (Å²) in [7, 11) is 0. The summed E-state index contributed by atoms with van der Waals surface area (Å²) >= 11 is 0. The predicted molar refractivity (Wildman–Crippen MR) is 132 cm³/mol. The lowest BCUT2D eigenvalue weighted by Gasteiger charge is -2.55. The lowest BCUT2D eigenvalue weighted by atomic mass is 9.61. The van der Waals surface area contributed by atoms with E-state index in [1.165, 1.54) is 83.5 Å². The Bertz CT molecular complexity index is 727. The zero-order chi connectivity index (χ0) is 22.1. The molecular weight excluding hydrogens is 392 g/mol. The molecule has 0 amide bonds. The average Bonchev–Trinajstić information content (AvgIpc) is 3.00. The van der Waals surface area contributed by atoms with Crippen molar-refractivity contribution in [1.29, 1.82) is 0 Å². The number of likely N-dealkylation sites (tertiary alicyclic amines) is 1. The first-order chi connectivity index (χ1) is 15.4. The highest BCUT2D eigenvalue weighted by molar-refractivity contribution is 5.72. The van der Waals surface area contributed by atoms with Crippen LogP contribution in [0.5, 0.6) is 0 Å². The molecule has 0 aromatic rings. The number of nitrogens with zero attached hydrogens (tertiary/aromatic N) is 2. The van der Waals surface area contributed by atoms with Gasteiger partial charge >= 0.3 is 0 Å². The summed E-state index contributed by atoms with van der Waals surface area (Å²) < 4.78 is 7.55. The molecule has 2 heterocycles. The van der Waals surface area contributed by atoms with Crippen molar-refractivity contribution >= 4 is 6.21 Å². The van der Waals surface area contributed by atoms with Crippen LogP contribution in [0.2, 0.25) is 0 Å². The van der Waals surface area contributed by atoms with Gasteiger partial charge in [-0.2, -0.15) is 0 Å². The van der Waals surface area contributed by atoms with Gasteiger partial charge in [-0.15, -0.1) is 0 Å². The van der Waals surface area contributed by atoms with E-state index in [0.717, 1.165) is 23.7 Å². The summed E-state index contributed by atoms with van der Waals surface area (Å²) in [5.74, 6) is 4.50. The van der Waals surface area contributed by atoms with Crippen molar-refractivity contribution in [2.45, 2.75) is 141 Å². The molecule has 3 heteroatoms. The summed E-state index contributed by atoms with van der Waals surface area (Å²) in [6, 6.07) is 1.10. The standard InChI is InChI=1S/C29H48N2O/c1-19-14-15-20(2)26-25(19)28(3,4)31(22-11-6-5-7-12-22)29(26)18-30-27-23-13-9-8-10-21(23)16-17-24(27)32-29/h18-27H,5-17H2,1-4H3. The molecule has 0 aromatic heterocycles. The summed E-state index contributed by atoms with van der Waals surface area (Å²) in [4.78, 5) is 8.48. The van der Waals surface area contributed by atoms with Gasteiger partial charge in [0.25, 0.3) is 0 Å². The van der Waals surface area contributed by atoms with Gasteiger partial charge in [0, 0.05) is 23.7 Å². The minimum absolute atomic E-state index is 0.182. The molecule has 1 saturated heterocycles. The van der Waals surface area contributed by atoms with E-state index in [0.29, 0.717) is 30.0 Å². The first kappa shape index (κ1) is 22.1. The normalized spacial score (nSPS) is 51.2. The molecule has 0 radical (unpaired) electrons. The van der Waals surface area contributed by atoms with E-state index < -0.39 is 0 Å². The Morgan fingerprint density at radius 2 is 1.47 bits per heavy atom. The van der Waals surface area contributed by atoms with Crippen LogP contribution in [0.15, 0.2) is 4.99 Å². The molecule has 5 fully saturated rings. The largest absolute Gasteiger partial charge is 0.349 e. The lowest BCUT2D eigenvalue weighted by Crippen LogP contribution is -2.65. The van der Waals surface area contributed by atoms with Crippen LogP contribution in [0.4, 0.5) is 0 Å². The van der Waals surface area contributed by atoms with Crippen molar-refractivity contribution in [3.63, 3.8) is 0 Å². The second-order valence-corrected chi connectivity index (χ2v) is 13.4. The Kier molecular flexibility index (Phi) is 5.57. The topological polar surface area (TPSA) is 24.8 Å². The van der Waals surface area contributed by atoms with Gasteiger partial charge in [0.2, 0.25) is 0 Å². The zero-order valence-electron chi connectivity index (χ0n) is 21.3. The SMILES string of the molecule is CC1CCC(C)C2C1C(C)(C)N(C1CCCCC1)C21C=NC2C(CCC3CCCCC32)O1. The van der Waals surface area contributed by atoms with E-state index in [9.17, 15) is 0 Å². The van der Waals surface area contributed by atoms with Crippen LogP contribution >= 0.6 is 0 Å². The maximum atomic E-state index is 7.55. The van der Waals surface area contributed by atoms with Gasteiger partial charge in [-0.3, -0.25) is 9.89 Å². The highest BCUT2D eigenvalue weighted by Gasteiger charge is 2.69. The molecule has 4 saturated carbocycles. The third-order valence-corrected chi connectivity index (χ3v) is 11.3. The van der Waals surface area contributed by atoms with Crippen LogP contribution in [0.3, 0.4) is 0 Å². The second kappa shape index (κ2) is 8.08. The van der Waals surface area contributed by atoms with Gasteiger partial charge in [0.15, 0.2) is 5.72 Å². The van der Waals surface area contributed by atoms with Crippen molar-refractivity contribution in [3.05, 3.63) is 0 Å². The molecule has 1 spiro atoms. The number of hydrogen-bond donors (Lipinski definition) is 0. The van der Waals surface area contributed by atoms with E-state index >= 15 is 0 Å². The molecule has 6 rings (SSSR count). The molecule has 3 nitrogen and oxygen atoms in total. The monoisotopic (exact) mass is 440 g/mol. The number of fused-ring (bicyclic) bond motifs is 5. The third-order valence-electron chi connectivity index (χ3n) is 11.3.